The monoisotopic (exact) mass is 170 g/mol. The van der Waals surface area contributed by atoms with E-state index in [0.29, 0.717) is 0 Å². The van der Waals surface area contributed by atoms with E-state index in [9.17, 15) is 4.79 Å². The summed E-state index contributed by atoms with van der Waals surface area (Å²) in [6.07, 6.45) is 3.08. The predicted molar refractivity (Wildman–Crippen MR) is 48.0 cm³/mol. The van der Waals surface area contributed by atoms with Crippen LogP contribution in [0.5, 0.6) is 0 Å². The second-order valence-corrected chi connectivity index (χ2v) is 4.56. The highest BCUT2D eigenvalue weighted by atomic mass is 16.5. The molecule has 1 fully saturated rings. The molecule has 0 aliphatic heterocycles. The molecule has 1 rings (SSSR count). The molecule has 1 atom stereocenters. The van der Waals surface area contributed by atoms with E-state index < -0.39 is 5.60 Å². The van der Waals surface area contributed by atoms with Crippen molar-refractivity contribution in [2.75, 3.05) is 0 Å². The van der Waals surface area contributed by atoms with Crippen LogP contribution in [-0.4, -0.2) is 18.0 Å². The van der Waals surface area contributed by atoms with E-state index in [-0.39, 0.29) is 11.5 Å². The molecule has 0 spiro atoms. The van der Waals surface area contributed by atoms with Crippen LogP contribution in [0.25, 0.3) is 0 Å². The van der Waals surface area contributed by atoms with Gasteiger partial charge >= 0.3 is 0 Å². The molecule has 0 N–H and O–H groups in total. The maximum absolute atomic E-state index is 10.9. The number of ether oxygens (including phenoxy) is 1. The Labute approximate surface area is 74.3 Å². The van der Waals surface area contributed by atoms with Gasteiger partial charge in [0.25, 0.3) is 0 Å². The summed E-state index contributed by atoms with van der Waals surface area (Å²) in [5.74, 6) is 0. The molecule has 12 heavy (non-hydrogen) atoms. The fourth-order valence-corrected chi connectivity index (χ4v) is 1.76. The van der Waals surface area contributed by atoms with Gasteiger partial charge in [0.15, 0.2) is 6.29 Å². The van der Waals surface area contributed by atoms with Crippen LogP contribution in [0.1, 0.15) is 40.5 Å². The van der Waals surface area contributed by atoms with Crippen molar-refractivity contribution < 1.29 is 9.53 Å². The molecule has 2 nitrogen and oxygen atoms in total. The highest BCUT2D eigenvalue weighted by Crippen LogP contribution is 2.51. The minimum Gasteiger partial charge on any atom is -0.364 e. The zero-order chi connectivity index (χ0) is 9.41. The standard InChI is InChI=1S/C10H18O2/c1-8(2)12-10(7-11)6-5-9(10,3)4/h7-8H,5-6H2,1-4H3. The number of carbonyl (C=O) groups is 1. The van der Waals surface area contributed by atoms with Crippen LogP contribution >= 0.6 is 0 Å². The van der Waals surface area contributed by atoms with Gasteiger partial charge in [0.05, 0.1) is 6.10 Å². The Kier molecular flexibility index (Phi) is 2.30. The van der Waals surface area contributed by atoms with Gasteiger partial charge in [-0.05, 0) is 26.7 Å². The summed E-state index contributed by atoms with van der Waals surface area (Å²) in [4.78, 5) is 10.9. The third-order valence-corrected chi connectivity index (χ3v) is 2.90. The van der Waals surface area contributed by atoms with E-state index >= 15 is 0 Å². The largest absolute Gasteiger partial charge is 0.364 e. The van der Waals surface area contributed by atoms with Crippen LogP contribution in [-0.2, 0) is 9.53 Å². The van der Waals surface area contributed by atoms with Crippen molar-refractivity contribution in [2.24, 2.45) is 5.41 Å². The van der Waals surface area contributed by atoms with Gasteiger partial charge in [0, 0.05) is 5.41 Å². The minimum absolute atomic E-state index is 0.0268. The van der Waals surface area contributed by atoms with E-state index in [1.165, 1.54) is 0 Å². The number of hydrogen-bond donors (Lipinski definition) is 0. The Morgan fingerprint density at radius 3 is 2.00 bits per heavy atom. The number of aldehydes is 1. The van der Waals surface area contributed by atoms with Crippen molar-refractivity contribution >= 4 is 6.29 Å². The molecule has 0 amide bonds. The number of hydrogen-bond acceptors (Lipinski definition) is 2. The average molecular weight is 170 g/mol. The maximum atomic E-state index is 10.9. The second kappa shape index (κ2) is 2.84. The summed E-state index contributed by atoms with van der Waals surface area (Å²) in [5, 5.41) is 0. The number of carbonyl (C=O) groups excluding carboxylic acids is 1. The van der Waals surface area contributed by atoms with Crippen LogP contribution < -0.4 is 0 Å². The molecule has 1 saturated carbocycles. The van der Waals surface area contributed by atoms with Crippen LogP contribution in [0.4, 0.5) is 0 Å². The first kappa shape index (κ1) is 9.72. The molecule has 0 heterocycles. The van der Waals surface area contributed by atoms with Gasteiger partial charge in [-0.2, -0.15) is 0 Å². The summed E-state index contributed by atoms with van der Waals surface area (Å²) in [6.45, 7) is 8.12. The Hall–Kier alpha value is -0.370. The first-order chi connectivity index (χ1) is 5.43. The van der Waals surface area contributed by atoms with Crippen molar-refractivity contribution in [3.63, 3.8) is 0 Å². The fourth-order valence-electron chi connectivity index (χ4n) is 1.76. The molecule has 0 saturated heterocycles. The smallest absolute Gasteiger partial charge is 0.152 e. The van der Waals surface area contributed by atoms with E-state index in [0.717, 1.165) is 19.1 Å². The topological polar surface area (TPSA) is 26.3 Å². The molecule has 2 heteroatoms. The molecule has 1 aliphatic rings. The quantitative estimate of drug-likeness (QED) is 0.607. The third-order valence-electron chi connectivity index (χ3n) is 2.90. The molecule has 0 aromatic carbocycles. The Balaban J connectivity index is 2.71. The van der Waals surface area contributed by atoms with Gasteiger partial charge < -0.3 is 9.53 Å². The summed E-state index contributed by atoms with van der Waals surface area (Å²) in [7, 11) is 0. The fraction of sp³-hybridized carbons (Fsp3) is 0.900. The zero-order valence-corrected chi connectivity index (χ0v) is 8.39. The van der Waals surface area contributed by atoms with E-state index in [2.05, 4.69) is 13.8 Å². The van der Waals surface area contributed by atoms with Gasteiger partial charge in [-0.25, -0.2) is 0 Å². The molecule has 0 aromatic rings. The SMILES string of the molecule is CC(C)OC1(C=O)CCC1(C)C. The molecule has 1 unspecified atom stereocenters. The Morgan fingerprint density at radius 2 is 1.92 bits per heavy atom. The van der Waals surface area contributed by atoms with Crippen LogP contribution in [0.2, 0.25) is 0 Å². The molecule has 1 aliphatic carbocycles. The van der Waals surface area contributed by atoms with Crippen molar-refractivity contribution in [1.29, 1.82) is 0 Å². The van der Waals surface area contributed by atoms with Crippen molar-refractivity contribution in [3.05, 3.63) is 0 Å². The first-order valence-electron chi connectivity index (χ1n) is 4.58. The lowest BCUT2D eigenvalue weighted by atomic mass is 9.59. The Bertz CT molecular complexity index is 184. The van der Waals surface area contributed by atoms with Crippen LogP contribution in [0, 0.1) is 5.41 Å². The lowest BCUT2D eigenvalue weighted by molar-refractivity contribution is -0.198. The molecular weight excluding hydrogens is 152 g/mol. The van der Waals surface area contributed by atoms with Crippen molar-refractivity contribution in [3.8, 4) is 0 Å². The van der Waals surface area contributed by atoms with Crippen LogP contribution in [0.3, 0.4) is 0 Å². The zero-order valence-electron chi connectivity index (χ0n) is 8.39. The summed E-state index contributed by atoms with van der Waals surface area (Å²) in [5.41, 5.74) is -0.472. The Morgan fingerprint density at radius 1 is 1.33 bits per heavy atom. The molecular formula is C10H18O2. The lowest BCUT2D eigenvalue weighted by Gasteiger charge is -2.52. The molecule has 70 valence electrons. The van der Waals surface area contributed by atoms with Gasteiger partial charge in [0.1, 0.15) is 5.60 Å². The average Bonchev–Trinajstić information content (AvgIpc) is 1.97. The van der Waals surface area contributed by atoms with E-state index in [1.807, 2.05) is 13.8 Å². The first-order valence-corrected chi connectivity index (χ1v) is 4.58. The van der Waals surface area contributed by atoms with Gasteiger partial charge in [-0.1, -0.05) is 13.8 Å². The maximum Gasteiger partial charge on any atom is 0.152 e. The second-order valence-electron chi connectivity index (χ2n) is 4.56. The molecule has 0 radical (unpaired) electrons. The van der Waals surface area contributed by atoms with E-state index in [1.54, 1.807) is 0 Å². The van der Waals surface area contributed by atoms with Gasteiger partial charge in [-0.3, -0.25) is 0 Å². The number of rotatable bonds is 3. The van der Waals surface area contributed by atoms with E-state index in [4.69, 9.17) is 4.74 Å². The summed E-state index contributed by atoms with van der Waals surface area (Å²) < 4.78 is 5.67. The van der Waals surface area contributed by atoms with Gasteiger partial charge in [-0.15, -0.1) is 0 Å². The lowest BCUT2D eigenvalue weighted by Crippen LogP contribution is -2.58. The summed E-state index contributed by atoms with van der Waals surface area (Å²) >= 11 is 0. The van der Waals surface area contributed by atoms with Crippen molar-refractivity contribution in [2.45, 2.75) is 52.2 Å². The normalized spacial score (nSPS) is 33.1. The minimum atomic E-state index is -0.499. The molecule has 0 aromatic heterocycles. The van der Waals surface area contributed by atoms with Crippen molar-refractivity contribution in [1.82, 2.24) is 0 Å². The highest BCUT2D eigenvalue weighted by Gasteiger charge is 2.54. The predicted octanol–water partition coefficient (Wildman–Crippen LogP) is 2.17. The highest BCUT2D eigenvalue weighted by molar-refractivity contribution is 5.66. The van der Waals surface area contributed by atoms with Gasteiger partial charge in [0.2, 0.25) is 0 Å². The molecule has 0 bridgehead atoms. The third kappa shape index (κ3) is 1.28. The van der Waals surface area contributed by atoms with Crippen LogP contribution in [0.15, 0.2) is 0 Å². The summed E-state index contributed by atoms with van der Waals surface area (Å²) in [6, 6.07) is 0.